The molecule has 1 rings (SSSR count). The van der Waals surface area contributed by atoms with Crippen molar-refractivity contribution in [3.05, 3.63) is 24.0 Å². The van der Waals surface area contributed by atoms with Gasteiger partial charge in [0, 0.05) is 6.42 Å². The SMILES string of the molecule is COC(=O)CCCOc1ccc(B(O)O)cc1F. The minimum Gasteiger partial charge on any atom is -0.491 e. The van der Waals surface area contributed by atoms with Gasteiger partial charge in [-0.3, -0.25) is 4.79 Å². The maximum Gasteiger partial charge on any atom is 0.488 e. The first kappa shape index (κ1) is 14.5. The van der Waals surface area contributed by atoms with E-state index in [1.807, 2.05) is 0 Å². The van der Waals surface area contributed by atoms with E-state index in [4.69, 9.17) is 14.8 Å². The lowest BCUT2D eigenvalue weighted by Gasteiger charge is -2.08. The normalized spacial score (nSPS) is 10.0. The van der Waals surface area contributed by atoms with Crippen molar-refractivity contribution in [1.82, 2.24) is 0 Å². The number of methoxy groups -OCH3 is 1. The van der Waals surface area contributed by atoms with Crippen LogP contribution >= 0.6 is 0 Å². The first-order valence-electron chi connectivity index (χ1n) is 5.39. The van der Waals surface area contributed by atoms with Crippen LogP contribution in [0.4, 0.5) is 4.39 Å². The minimum absolute atomic E-state index is 0.00395. The molecule has 0 aliphatic carbocycles. The van der Waals surface area contributed by atoms with Crippen molar-refractivity contribution in [3.63, 3.8) is 0 Å². The average Bonchev–Trinajstić information content (AvgIpc) is 2.35. The fourth-order valence-electron chi connectivity index (χ4n) is 1.30. The van der Waals surface area contributed by atoms with E-state index in [2.05, 4.69) is 4.74 Å². The van der Waals surface area contributed by atoms with Gasteiger partial charge in [0.2, 0.25) is 0 Å². The Morgan fingerprint density at radius 1 is 1.44 bits per heavy atom. The Hall–Kier alpha value is -1.60. The van der Waals surface area contributed by atoms with Gasteiger partial charge in [0.15, 0.2) is 11.6 Å². The summed E-state index contributed by atoms with van der Waals surface area (Å²) in [6, 6.07) is 3.64. The molecule has 1 aromatic carbocycles. The maximum atomic E-state index is 13.4. The second-order valence-corrected chi connectivity index (χ2v) is 3.59. The molecule has 2 N–H and O–H groups in total. The van der Waals surface area contributed by atoms with Crippen molar-refractivity contribution in [3.8, 4) is 5.75 Å². The number of hydrogen-bond donors (Lipinski definition) is 2. The molecule has 0 saturated carbocycles. The molecule has 0 fully saturated rings. The smallest absolute Gasteiger partial charge is 0.488 e. The van der Waals surface area contributed by atoms with Gasteiger partial charge in [-0.2, -0.15) is 0 Å². The largest absolute Gasteiger partial charge is 0.491 e. The molecule has 0 aliphatic heterocycles. The predicted molar refractivity (Wildman–Crippen MR) is 63.0 cm³/mol. The Kier molecular flexibility index (Phi) is 5.61. The molecule has 0 bridgehead atoms. The predicted octanol–water partition coefficient (Wildman–Crippen LogP) is -0.162. The van der Waals surface area contributed by atoms with E-state index >= 15 is 0 Å². The summed E-state index contributed by atoms with van der Waals surface area (Å²) in [6.07, 6.45) is 0.613. The van der Waals surface area contributed by atoms with Crippen molar-refractivity contribution in [2.45, 2.75) is 12.8 Å². The highest BCUT2D eigenvalue weighted by molar-refractivity contribution is 6.58. The summed E-state index contributed by atoms with van der Waals surface area (Å²) >= 11 is 0. The van der Waals surface area contributed by atoms with Crippen LogP contribution in [-0.2, 0) is 9.53 Å². The van der Waals surface area contributed by atoms with Crippen LogP contribution in [0.1, 0.15) is 12.8 Å². The molecule has 0 radical (unpaired) electrons. The molecule has 18 heavy (non-hydrogen) atoms. The molecule has 7 heteroatoms. The molecule has 0 aromatic heterocycles. The summed E-state index contributed by atoms with van der Waals surface area (Å²) in [5, 5.41) is 17.7. The van der Waals surface area contributed by atoms with E-state index in [9.17, 15) is 9.18 Å². The van der Waals surface area contributed by atoms with Gasteiger partial charge in [-0.05, 0) is 24.0 Å². The highest BCUT2D eigenvalue weighted by atomic mass is 19.1. The second kappa shape index (κ2) is 6.98. The molecule has 0 atom stereocenters. The highest BCUT2D eigenvalue weighted by Crippen LogP contribution is 2.15. The molecule has 5 nitrogen and oxygen atoms in total. The Bertz CT molecular complexity index is 410. The third-order valence-corrected chi connectivity index (χ3v) is 2.26. The van der Waals surface area contributed by atoms with Crippen LogP contribution in [0.5, 0.6) is 5.75 Å². The number of ether oxygens (including phenoxy) is 2. The third-order valence-electron chi connectivity index (χ3n) is 2.26. The first-order chi connectivity index (χ1) is 8.54. The van der Waals surface area contributed by atoms with E-state index < -0.39 is 12.9 Å². The van der Waals surface area contributed by atoms with Crippen molar-refractivity contribution < 1.29 is 28.7 Å². The van der Waals surface area contributed by atoms with Gasteiger partial charge in [0.05, 0.1) is 13.7 Å². The van der Waals surface area contributed by atoms with Gasteiger partial charge >= 0.3 is 13.1 Å². The van der Waals surface area contributed by atoms with Gasteiger partial charge in [0.1, 0.15) is 0 Å². The summed E-state index contributed by atoms with van der Waals surface area (Å²) in [6.45, 7) is 0.174. The van der Waals surface area contributed by atoms with E-state index in [-0.39, 0.29) is 30.2 Å². The van der Waals surface area contributed by atoms with Gasteiger partial charge in [-0.25, -0.2) is 4.39 Å². The van der Waals surface area contributed by atoms with Crippen LogP contribution in [0.15, 0.2) is 18.2 Å². The standard InChI is InChI=1S/C11H14BFO5/c1-17-11(14)3-2-6-18-10-5-4-8(12(15)16)7-9(10)13/h4-5,7,15-16H,2-3,6H2,1H3. The van der Waals surface area contributed by atoms with E-state index in [0.717, 1.165) is 6.07 Å². The van der Waals surface area contributed by atoms with Gasteiger partial charge < -0.3 is 19.5 Å². The molecular formula is C11H14BFO5. The zero-order valence-corrected chi connectivity index (χ0v) is 9.93. The Labute approximate surface area is 104 Å². The van der Waals surface area contributed by atoms with Gasteiger partial charge in [-0.15, -0.1) is 0 Å². The number of rotatable bonds is 6. The quantitative estimate of drug-likeness (QED) is 0.420. The number of halogens is 1. The lowest BCUT2D eigenvalue weighted by atomic mass is 9.80. The molecule has 98 valence electrons. The number of benzene rings is 1. The summed E-state index contributed by atoms with van der Waals surface area (Å²) in [5.74, 6) is -1.03. The van der Waals surface area contributed by atoms with Crippen LogP contribution in [0.25, 0.3) is 0 Å². The second-order valence-electron chi connectivity index (χ2n) is 3.59. The summed E-state index contributed by atoms with van der Waals surface area (Å²) in [7, 11) is -0.421. The van der Waals surface area contributed by atoms with E-state index in [1.54, 1.807) is 0 Å². The molecule has 0 amide bonds. The molecule has 1 aromatic rings. The van der Waals surface area contributed by atoms with Crippen molar-refractivity contribution in [1.29, 1.82) is 0 Å². The summed E-state index contributed by atoms with van der Waals surface area (Å²) < 4.78 is 23.0. The molecular weight excluding hydrogens is 242 g/mol. The lowest BCUT2D eigenvalue weighted by molar-refractivity contribution is -0.140. The van der Waals surface area contributed by atoms with Crippen LogP contribution in [0.2, 0.25) is 0 Å². The van der Waals surface area contributed by atoms with Crippen LogP contribution in [0.3, 0.4) is 0 Å². The van der Waals surface area contributed by atoms with Crippen molar-refractivity contribution >= 4 is 18.6 Å². The average molecular weight is 256 g/mol. The fraction of sp³-hybridized carbons (Fsp3) is 0.364. The van der Waals surface area contributed by atoms with Crippen LogP contribution < -0.4 is 10.2 Å². The number of carbonyl (C=O) groups is 1. The van der Waals surface area contributed by atoms with E-state index in [1.165, 1.54) is 19.2 Å². The zero-order chi connectivity index (χ0) is 13.5. The highest BCUT2D eigenvalue weighted by Gasteiger charge is 2.14. The first-order valence-corrected chi connectivity index (χ1v) is 5.39. The Morgan fingerprint density at radius 3 is 2.72 bits per heavy atom. The topological polar surface area (TPSA) is 76.0 Å². The molecule has 0 saturated heterocycles. The third kappa shape index (κ3) is 4.35. The molecule has 0 unspecified atom stereocenters. The minimum atomic E-state index is -1.71. The van der Waals surface area contributed by atoms with Crippen molar-refractivity contribution in [2.75, 3.05) is 13.7 Å². The van der Waals surface area contributed by atoms with Crippen LogP contribution in [0, 0.1) is 5.82 Å². The lowest BCUT2D eigenvalue weighted by Crippen LogP contribution is -2.30. The Morgan fingerprint density at radius 2 is 2.17 bits per heavy atom. The number of carbonyl (C=O) groups excluding carboxylic acids is 1. The van der Waals surface area contributed by atoms with Gasteiger partial charge in [-0.1, -0.05) is 6.07 Å². The zero-order valence-electron chi connectivity index (χ0n) is 9.93. The van der Waals surface area contributed by atoms with E-state index in [0.29, 0.717) is 6.42 Å². The maximum absolute atomic E-state index is 13.4. The monoisotopic (exact) mass is 256 g/mol. The molecule has 0 aliphatic rings. The molecule has 0 spiro atoms. The number of hydrogen-bond acceptors (Lipinski definition) is 5. The molecule has 0 heterocycles. The summed E-state index contributed by atoms with van der Waals surface area (Å²) in [5.41, 5.74) is 0.0504. The fourth-order valence-corrected chi connectivity index (χ4v) is 1.30. The Balaban J connectivity index is 2.45. The summed E-state index contributed by atoms with van der Waals surface area (Å²) in [4.78, 5) is 10.8. The van der Waals surface area contributed by atoms with Crippen LogP contribution in [-0.4, -0.2) is 36.9 Å². The van der Waals surface area contributed by atoms with Gasteiger partial charge in [0.25, 0.3) is 0 Å². The van der Waals surface area contributed by atoms with Crippen molar-refractivity contribution in [2.24, 2.45) is 0 Å². The number of esters is 1.